The zero-order valence-corrected chi connectivity index (χ0v) is 8.56. The van der Waals surface area contributed by atoms with E-state index in [1.807, 2.05) is 0 Å². The van der Waals surface area contributed by atoms with Crippen LogP contribution in [0.5, 0.6) is 0 Å². The Balaban J connectivity index is 2.96. The normalized spacial score (nSPS) is 11.1. The maximum absolute atomic E-state index is 12.2. The molecule has 1 rings (SSSR count). The van der Waals surface area contributed by atoms with E-state index in [1.165, 1.54) is 0 Å². The van der Waals surface area contributed by atoms with E-state index in [1.54, 1.807) is 0 Å². The van der Waals surface area contributed by atoms with Crippen molar-refractivity contribution in [3.63, 3.8) is 0 Å². The lowest BCUT2D eigenvalue weighted by atomic mass is 10.1. The first-order valence-corrected chi connectivity index (χ1v) is 4.33. The fourth-order valence-corrected chi connectivity index (χ4v) is 1.06. The van der Waals surface area contributed by atoms with Gasteiger partial charge in [-0.1, -0.05) is 5.01 Å². The van der Waals surface area contributed by atoms with Gasteiger partial charge in [-0.25, -0.2) is 10.1 Å². The number of amides is 1. The van der Waals surface area contributed by atoms with E-state index in [0.29, 0.717) is 12.1 Å². The Bertz CT molecular complexity index is 442. The highest BCUT2D eigenvalue weighted by molar-refractivity contribution is 5.93. The Morgan fingerprint density at radius 1 is 1.29 bits per heavy atom. The predicted octanol–water partition coefficient (Wildman–Crippen LogP) is 1.97. The molecule has 92 valence electrons. The lowest BCUT2D eigenvalue weighted by Crippen LogP contribution is -2.32. The predicted molar refractivity (Wildman–Crippen MR) is 50.5 cm³/mol. The summed E-state index contributed by atoms with van der Waals surface area (Å²) in [5, 5.41) is 9.51. The van der Waals surface area contributed by atoms with Gasteiger partial charge in [0, 0.05) is 5.56 Å². The number of nitrogens with zero attached hydrogens (tertiary/aromatic N) is 2. The van der Waals surface area contributed by atoms with Crippen LogP contribution in [-0.4, -0.2) is 23.0 Å². The number of nitro groups is 1. The molecule has 0 aliphatic heterocycles. The van der Waals surface area contributed by atoms with Gasteiger partial charge in [0.2, 0.25) is 0 Å². The third-order valence-electron chi connectivity index (χ3n) is 2.00. The highest BCUT2D eigenvalue weighted by Crippen LogP contribution is 2.29. The average molecular weight is 248 g/mol. The number of hydrazine groups is 1. The zero-order valence-electron chi connectivity index (χ0n) is 8.56. The van der Waals surface area contributed by atoms with Gasteiger partial charge in [0.05, 0.1) is 12.6 Å². The standard InChI is InChI=1S/C9H7F3N2O3/c1-13(14(16)17)8(15)6-2-4-7(5-3-6)9(10,11)12/h2-5H,1H3. The first-order valence-electron chi connectivity index (χ1n) is 4.33. The maximum Gasteiger partial charge on any atom is 0.416 e. The Kier molecular flexibility index (Phi) is 3.35. The lowest BCUT2D eigenvalue weighted by Gasteiger charge is -2.08. The van der Waals surface area contributed by atoms with Gasteiger partial charge in [-0.3, -0.25) is 4.79 Å². The monoisotopic (exact) mass is 248 g/mol. The first-order chi connectivity index (χ1) is 7.73. The second kappa shape index (κ2) is 4.40. The molecule has 0 N–H and O–H groups in total. The van der Waals surface area contributed by atoms with Crippen LogP contribution in [0.3, 0.4) is 0 Å². The van der Waals surface area contributed by atoms with E-state index in [-0.39, 0.29) is 10.6 Å². The van der Waals surface area contributed by atoms with Gasteiger partial charge in [-0.2, -0.15) is 13.2 Å². The molecule has 0 bridgehead atoms. The molecule has 1 aromatic rings. The van der Waals surface area contributed by atoms with Gasteiger partial charge in [-0.15, -0.1) is 0 Å². The summed E-state index contributed by atoms with van der Waals surface area (Å²) in [6.07, 6.45) is -4.50. The van der Waals surface area contributed by atoms with Gasteiger partial charge >= 0.3 is 12.1 Å². The number of rotatable bonds is 2. The minimum Gasteiger partial charge on any atom is -0.263 e. The SMILES string of the molecule is CN(C(=O)c1ccc(C(F)(F)F)cc1)[N+](=O)[O-]. The third-order valence-corrected chi connectivity index (χ3v) is 2.00. The summed E-state index contributed by atoms with van der Waals surface area (Å²) in [7, 11) is 0.917. The minimum atomic E-state index is -4.50. The van der Waals surface area contributed by atoms with Crippen molar-refractivity contribution in [1.82, 2.24) is 5.01 Å². The molecule has 0 saturated carbocycles. The van der Waals surface area contributed by atoms with Crippen molar-refractivity contribution >= 4 is 5.91 Å². The third kappa shape index (κ3) is 2.92. The van der Waals surface area contributed by atoms with Crippen molar-refractivity contribution in [2.24, 2.45) is 0 Å². The maximum atomic E-state index is 12.2. The summed E-state index contributed by atoms with van der Waals surface area (Å²) in [5.41, 5.74) is -1.10. The lowest BCUT2D eigenvalue weighted by molar-refractivity contribution is -0.625. The molecule has 17 heavy (non-hydrogen) atoms. The molecule has 0 fully saturated rings. The number of hydrogen-bond donors (Lipinski definition) is 0. The number of carbonyl (C=O) groups excluding carboxylic acids is 1. The molecule has 1 aromatic carbocycles. The van der Waals surface area contributed by atoms with Crippen molar-refractivity contribution in [2.75, 3.05) is 7.05 Å². The number of benzene rings is 1. The molecule has 0 spiro atoms. The zero-order chi connectivity index (χ0) is 13.2. The molecule has 1 amide bonds. The Morgan fingerprint density at radius 2 is 1.76 bits per heavy atom. The molecule has 0 aromatic heterocycles. The summed E-state index contributed by atoms with van der Waals surface area (Å²) in [5.74, 6) is -0.983. The molecule has 0 aliphatic carbocycles. The van der Waals surface area contributed by atoms with Crippen LogP contribution in [0, 0.1) is 10.1 Å². The number of halogens is 3. The van der Waals surface area contributed by atoms with Crippen LogP contribution in [0.25, 0.3) is 0 Å². The molecule has 8 heteroatoms. The topological polar surface area (TPSA) is 63.5 Å². The molecule has 0 heterocycles. The fraction of sp³-hybridized carbons (Fsp3) is 0.222. The second-order valence-electron chi connectivity index (χ2n) is 3.14. The second-order valence-corrected chi connectivity index (χ2v) is 3.14. The molecular formula is C9H7F3N2O3. The van der Waals surface area contributed by atoms with Crippen LogP contribution >= 0.6 is 0 Å². The van der Waals surface area contributed by atoms with E-state index >= 15 is 0 Å². The van der Waals surface area contributed by atoms with E-state index in [0.717, 1.165) is 19.2 Å². The average Bonchev–Trinajstić information content (AvgIpc) is 2.26. The van der Waals surface area contributed by atoms with Crippen LogP contribution in [-0.2, 0) is 6.18 Å². The molecular weight excluding hydrogens is 241 g/mol. The summed E-state index contributed by atoms with van der Waals surface area (Å²) in [6, 6.07) is 3.18. The quantitative estimate of drug-likeness (QED) is 0.593. The van der Waals surface area contributed by atoms with Crippen LogP contribution < -0.4 is 0 Å². The number of carbonyl (C=O) groups is 1. The molecule has 0 unspecified atom stereocenters. The molecule has 0 aliphatic rings. The summed E-state index contributed by atoms with van der Waals surface area (Å²) >= 11 is 0. The van der Waals surface area contributed by atoms with Crippen LogP contribution in [0.1, 0.15) is 15.9 Å². The molecule has 0 atom stereocenters. The molecule has 0 saturated heterocycles. The molecule has 5 nitrogen and oxygen atoms in total. The highest BCUT2D eigenvalue weighted by Gasteiger charge is 2.30. The summed E-state index contributed by atoms with van der Waals surface area (Å²) in [4.78, 5) is 21.6. The summed E-state index contributed by atoms with van der Waals surface area (Å²) in [6.45, 7) is 0. The smallest absolute Gasteiger partial charge is 0.263 e. The first kappa shape index (κ1) is 12.9. The van der Waals surface area contributed by atoms with Crippen LogP contribution in [0.15, 0.2) is 24.3 Å². The van der Waals surface area contributed by atoms with E-state index < -0.39 is 22.7 Å². The van der Waals surface area contributed by atoms with E-state index in [4.69, 9.17) is 0 Å². The Hall–Kier alpha value is -2.12. The van der Waals surface area contributed by atoms with Crippen LogP contribution in [0.4, 0.5) is 13.2 Å². The van der Waals surface area contributed by atoms with E-state index in [2.05, 4.69) is 0 Å². The molecule has 0 radical (unpaired) electrons. The van der Waals surface area contributed by atoms with Gasteiger partial charge < -0.3 is 0 Å². The summed E-state index contributed by atoms with van der Waals surface area (Å²) < 4.78 is 36.6. The highest BCUT2D eigenvalue weighted by atomic mass is 19.4. The van der Waals surface area contributed by atoms with E-state index in [9.17, 15) is 28.1 Å². The van der Waals surface area contributed by atoms with Crippen molar-refractivity contribution in [2.45, 2.75) is 6.18 Å². The van der Waals surface area contributed by atoms with Crippen molar-refractivity contribution < 1.29 is 23.0 Å². The van der Waals surface area contributed by atoms with Gasteiger partial charge in [0.15, 0.2) is 5.03 Å². The number of alkyl halides is 3. The van der Waals surface area contributed by atoms with Gasteiger partial charge in [-0.05, 0) is 24.3 Å². The largest absolute Gasteiger partial charge is 0.416 e. The Morgan fingerprint density at radius 3 is 2.12 bits per heavy atom. The van der Waals surface area contributed by atoms with Gasteiger partial charge in [0.25, 0.3) is 0 Å². The minimum absolute atomic E-state index is 0.183. The van der Waals surface area contributed by atoms with Crippen molar-refractivity contribution in [1.29, 1.82) is 0 Å². The van der Waals surface area contributed by atoms with Crippen LogP contribution in [0.2, 0.25) is 0 Å². The Labute approximate surface area is 93.6 Å². The number of hydrogen-bond acceptors (Lipinski definition) is 3. The van der Waals surface area contributed by atoms with Crippen molar-refractivity contribution in [3.05, 3.63) is 45.5 Å². The van der Waals surface area contributed by atoms with Gasteiger partial charge in [0.1, 0.15) is 0 Å². The van der Waals surface area contributed by atoms with Crippen molar-refractivity contribution in [3.8, 4) is 0 Å². The fourth-order valence-electron chi connectivity index (χ4n) is 1.06.